The Labute approximate surface area is 338 Å². The van der Waals surface area contributed by atoms with E-state index in [2.05, 4.69) is 73.0 Å². The summed E-state index contributed by atoms with van der Waals surface area (Å²) < 4.78 is 13.2. The predicted octanol–water partition coefficient (Wildman–Crippen LogP) is 14.2. The molecule has 4 heterocycles. The van der Waals surface area contributed by atoms with Gasteiger partial charge in [0.15, 0.2) is 0 Å². The highest BCUT2D eigenvalue weighted by molar-refractivity contribution is 8.44. The molecule has 0 radical (unpaired) electrons. The first-order valence-corrected chi connectivity index (χ1v) is 26.9. The van der Waals surface area contributed by atoms with Crippen molar-refractivity contribution in [3.05, 3.63) is 87.9 Å². The van der Waals surface area contributed by atoms with Crippen molar-refractivity contribution in [2.45, 2.75) is 6.42 Å². The zero-order valence-corrected chi connectivity index (χ0v) is 37.0. The van der Waals surface area contributed by atoms with Crippen molar-refractivity contribution in [3.8, 4) is 6.07 Å². The second-order valence-electron chi connectivity index (χ2n) is 7.95. The van der Waals surface area contributed by atoms with Crippen LogP contribution in [0.25, 0.3) is 4.85 Å². The van der Waals surface area contributed by atoms with Crippen LogP contribution in [-0.4, -0.2) is 47.2 Å². The summed E-state index contributed by atoms with van der Waals surface area (Å²) in [6.07, 6.45) is 13.8. The van der Waals surface area contributed by atoms with Gasteiger partial charge >= 0.3 is 0 Å². The molecule has 240 valence electrons. The Morgan fingerprint density at radius 2 is 1.04 bits per heavy atom. The van der Waals surface area contributed by atoms with Gasteiger partial charge in [-0.3, -0.25) is 0 Å². The normalized spacial score (nSPS) is 20.5. The lowest BCUT2D eigenvalue weighted by Crippen LogP contribution is -1.82. The highest BCUT2D eigenvalue weighted by Gasteiger charge is 2.26. The summed E-state index contributed by atoms with van der Waals surface area (Å²) in [5, 5.41) is 10.0. The van der Waals surface area contributed by atoms with Crippen molar-refractivity contribution >= 4 is 190 Å². The molecule has 0 unspecified atom stereocenters. The minimum absolute atomic E-state index is 0.539. The van der Waals surface area contributed by atoms with Crippen LogP contribution in [0.3, 0.4) is 0 Å². The van der Waals surface area contributed by atoms with Crippen molar-refractivity contribution < 1.29 is 0 Å². The lowest BCUT2D eigenvalue weighted by molar-refractivity contribution is 1.24. The summed E-state index contributed by atoms with van der Waals surface area (Å²) >= 11 is 34.7. The Morgan fingerprint density at radius 1 is 0.644 bits per heavy atom. The van der Waals surface area contributed by atoms with Crippen LogP contribution in [-0.2, 0) is 0 Å². The average Bonchev–Trinajstić information content (AvgIpc) is 3.84. The summed E-state index contributed by atoms with van der Waals surface area (Å²) in [6, 6.07) is 2.28. The quantitative estimate of drug-likeness (QED) is 0.0666. The van der Waals surface area contributed by atoms with E-state index >= 15 is 0 Å². The fourth-order valence-electron chi connectivity index (χ4n) is 3.14. The van der Waals surface area contributed by atoms with Crippen molar-refractivity contribution in [3.63, 3.8) is 0 Å². The third-order valence-corrected chi connectivity index (χ3v) is 24.8. The minimum Gasteiger partial charge on any atom is -0.316 e. The number of thioether (sulfide) groups is 14. The standard InChI is InChI=1S/C27H26N2S16/c1-29-10-12-35-25-27(45-21(43-25)8-7-19-40-22(32-2)23(33-3)41-19)37-15-36-26-24(34-11-4-9-28)42-20(44-26)6-5-18-38-16(13-30)17(14-31)39-18/h5-8,30-31H,4,10-15H2,2-3H3/b20-6-,21-8?. The van der Waals surface area contributed by atoms with Gasteiger partial charge in [-0.05, 0) is 36.8 Å². The minimum atomic E-state index is 0.539. The van der Waals surface area contributed by atoms with E-state index in [0.29, 0.717) is 13.0 Å². The molecule has 4 rings (SSSR count). The van der Waals surface area contributed by atoms with Crippen LogP contribution >= 0.6 is 190 Å². The third kappa shape index (κ3) is 12.9. The second kappa shape index (κ2) is 22.4. The molecule has 0 bridgehead atoms. The SMILES string of the molecule is [C-]#[N+]CCSC1=C(SCSC2=C(SCCC#N)S/C(=C/C=C3SC(CS)=C(CS)S3)S2)SC(=CC=C2SC(SC)=C(SC)S2)S1. The number of rotatable bonds is 16. The molecule has 0 saturated carbocycles. The fourth-order valence-corrected chi connectivity index (χ4v) is 22.9. The van der Waals surface area contributed by atoms with E-state index in [-0.39, 0.29) is 0 Å². The zero-order valence-electron chi connectivity index (χ0n) is 23.8. The van der Waals surface area contributed by atoms with E-state index in [1.807, 2.05) is 129 Å². The van der Waals surface area contributed by atoms with E-state index in [1.54, 1.807) is 35.3 Å². The van der Waals surface area contributed by atoms with Crippen LogP contribution in [0.2, 0.25) is 0 Å². The van der Waals surface area contributed by atoms with Crippen LogP contribution in [0, 0.1) is 17.9 Å². The van der Waals surface area contributed by atoms with Gasteiger partial charge in [-0.1, -0.05) is 94.1 Å². The van der Waals surface area contributed by atoms with Crippen LogP contribution in [0.4, 0.5) is 0 Å². The molecule has 0 aromatic heterocycles. The highest BCUT2D eigenvalue weighted by Crippen LogP contribution is 2.62. The van der Waals surface area contributed by atoms with E-state index < -0.39 is 0 Å². The van der Waals surface area contributed by atoms with Gasteiger partial charge < -0.3 is 4.85 Å². The molecule has 0 amide bonds. The summed E-state index contributed by atoms with van der Waals surface area (Å²) in [4.78, 5) is 6.17. The zero-order chi connectivity index (χ0) is 32.0. The second-order valence-corrected chi connectivity index (χ2v) is 25.9. The van der Waals surface area contributed by atoms with Crippen LogP contribution in [0.5, 0.6) is 0 Å². The van der Waals surface area contributed by atoms with Crippen molar-refractivity contribution in [1.82, 2.24) is 0 Å². The van der Waals surface area contributed by atoms with Crippen LogP contribution < -0.4 is 0 Å². The molecule has 45 heavy (non-hydrogen) atoms. The molecule has 0 fully saturated rings. The Kier molecular flexibility index (Phi) is 20.1. The Hall–Kier alpha value is 2.50. The maximum Gasteiger partial charge on any atom is 0.224 e. The average molecular weight is 892 g/mol. The van der Waals surface area contributed by atoms with E-state index in [1.165, 1.54) is 52.2 Å². The number of hydrogen-bond donors (Lipinski definition) is 2. The number of nitrogens with zero attached hydrogens (tertiary/aromatic N) is 2. The van der Waals surface area contributed by atoms with Gasteiger partial charge in [0.25, 0.3) is 0 Å². The maximum absolute atomic E-state index is 9.10. The molecule has 0 spiro atoms. The molecule has 0 aliphatic carbocycles. The highest BCUT2D eigenvalue weighted by atomic mass is 32.3. The van der Waals surface area contributed by atoms with Gasteiger partial charge in [0, 0.05) is 42.8 Å². The van der Waals surface area contributed by atoms with Crippen LogP contribution in [0.1, 0.15) is 6.42 Å². The number of nitriles is 1. The molecule has 0 atom stereocenters. The fraction of sp³-hybridized carbons (Fsp3) is 0.333. The third-order valence-electron chi connectivity index (χ3n) is 5.05. The summed E-state index contributed by atoms with van der Waals surface area (Å²) in [5.74, 6) is 3.13. The molecule has 0 aromatic carbocycles. The molecular formula is C27H26N2S16. The van der Waals surface area contributed by atoms with E-state index in [9.17, 15) is 0 Å². The summed E-state index contributed by atoms with van der Waals surface area (Å²) in [7, 11) is 0. The molecule has 18 heteroatoms. The molecule has 0 aromatic rings. The topological polar surface area (TPSA) is 28.1 Å². The Morgan fingerprint density at radius 3 is 1.44 bits per heavy atom. The molecule has 2 nitrogen and oxygen atoms in total. The van der Waals surface area contributed by atoms with E-state index in [0.717, 1.165) is 28.1 Å². The number of allylic oxidation sites excluding steroid dienone is 4. The van der Waals surface area contributed by atoms with Gasteiger partial charge in [0.2, 0.25) is 6.54 Å². The molecule has 4 aliphatic rings. The van der Waals surface area contributed by atoms with Crippen molar-refractivity contribution in [1.29, 1.82) is 5.26 Å². The van der Waals surface area contributed by atoms with Crippen LogP contribution in [0.15, 0.2) is 76.5 Å². The van der Waals surface area contributed by atoms with Gasteiger partial charge in [0.1, 0.15) is 0 Å². The maximum atomic E-state index is 9.10. The van der Waals surface area contributed by atoms with E-state index in [4.69, 9.17) is 11.8 Å². The van der Waals surface area contributed by atoms with Gasteiger partial charge in [-0.2, -0.15) is 30.5 Å². The molecular weight excluding hydrogens is 865 g/mol. The molecule has 0 saturated heterocycles. The number of hydrogen-bond acceptors (Lipinski definition) is 17. The largest absolute Gasteiger partial charge is 0.316 e. The first-order valence-electron chi connectivity index (χ1n) is 12.7. The Balaban J connectivity index is 1.38. The monoisotopic (exact) mass is 890 g/mol. The Bertz CT molecular complexity index is 1310. The molecule has 0 N–H and O–H groups in total. The predicted molar refractivity (Wildman–Crippen MR) is 243 cm³/mol. The number of thiol groups is 2. The van der Waals surface area contributed by atoms with Crippen molar-refractivity contribution in [2.24, 2.45) is 0 Å². The van der Waals surface area contributed by atoms with Gasteiger partial charge in [-0.25, -0.2) is 6.57 Å². The van der Waals surface area contributed by atoms with Gasteiger partial charge in [-0.15, -0.1) is 70.6 Å². The lowest BCUT2D eigenvalue weighted by Gasteiger charge is -2.05. The molecule has 4 aliphatic heterocycles. The van der Waals surface area contributed by atoms with Crippen molar-refractivity contribution in [2.75, 3.05) is 47.2 Å². The first-order chi connectivity index (χ1) is 22.0. The summed E-state index contributed by atoms with van der Waals surface area (Å²) in [6.45, 7) is 7.74. The smallest absolute Gasteiger partial charge is 0.224 e. The summed E-state index contributed by atoms with van der Waals surface area (Å²) in [5.41, 5.74) is 0. The lowest BCUT2D eigenvalue weighted by atomic mass is 10.6. The van der Waals surface area contributed by atoms with Gasteiger partial charge in [0.05, 0.1) is 50.0 Å². The first kappa shape index (κ1) is 40.3.